The molecular formula is C12H18N2O3. The molecule has 0 spiro atoms. The summed E-state index contributed by atoms with van der Waals surface area (Å²) in [5.41, 5.74) is 0.992. The summed E-state index contributed by atoms with van der Waals surface area (Å²) in [6.07, 6.45) is 1.53. The lowest BCUT2D eigenvalue weighted by Gasteiger charge is -2.21. The number of anilines is 1. The molecule has 94 valence electrons. The third kappa shape index (κ3) is 3.71. The number of carbonyl (C=O) groups excluding carboxylic acids is 1. The Labute approximate surface area is 101 Å². The van der Waals surface area contributed by atoms with Crippen LogP contribution in [0.15, 0.2) is 18.3 Å². The van der Waals surface area contributed by atoms with Gasteiger partial charge in [-0.15, -0.1) is 0 Å². The third-order valence-electron chi connectivity index (χ3n) is 2.51. The molecule has 0 saturated carbocycles. The average Bonchev–Trinajstić information content (AvgIpc) is 2.34. The van der Waals surface area contributed by atoms with Gasteiger partial charge in [0.2, 0.25) is 0 Å². The van der Waals surface area contributed by atoms with E-state index in [1.807, 2.05) is 13.8 Å². The molecule has 1 aromatic heterocycles. The molecule has 0 aliphatic carbocycles. The van der Waals surface area contributed by atoms with Crippen LogP contribution in [0.5, 0.6) is 0 Å². The van der Waals surface area contributed by atoms with Crippen molar-refractivity contribution in [3.63, 3.8) is 0 Å². The summed E-state index contributed by atoms with van der Waals surface area (Å²) in [5, 5.41) is 12.4. The molecule has 17 heavy (non-hydrogen) atoms. The second-order valence-electron chi connectivity index (χ2n) is 4.10. The van der Waals surface area contributed by atoms with E-state index in [4.69, 9.17) is 0 Å². The number of carbonyl (C=O) groups is 1. The van der Waals surface area contributed by atoms with Gasteiger partial charge in [0.1, 0.15) is 5.69 Å². The van der Waals surface area contributed by atoms with Crippen LogP contribution in [-0.2, 0) is 4.74 Å². The molecule has 1 atom stereocenters. The maximum Gasteiger partial charge on any atom is 0.356 e. The van der Waals surface area contributed by atoms with Gasteiger partial charge in [-0.25, -0.2) is 9.78 Å². The molecule has 1 rings (SSSR count). The van der Waals surface area contributed by atoms with Crippen molar-refractivity contribution < 1.29 is 14.6 Å². The van der Waals surface area contributed by atoms with E-state index in [1.165, 1.54) is 13.3 Å². The molecule has 0 amide bonds. The Morgan fingerprint density at radius 1 is 1.59 bits per heavy atom. The van der Waals surface area contributed by atoms with Crippen LogP contribution >= 0.6 is 0 Å². The van der Waals surface area contributed by atoms with Crippen LogP contribution in [0.1, 0.15) is 24.3 Å². The number of pyridine rings is 1. The third-order valence-corrected chi connectivity index (χ3v) is 2.51. The van der Waals surface area contributed by atoms with Crippen molar-refractivity contribution in [3.8, 4) is 0 Å². The zero-order chi connectivity index (χ0) is 12.8. The van der Waals surface area contributed by atoms with Crippen LogP contribution < -0.4 is 5.32 Å². The molecule has 1 heterocycles. The van der Waals surface area contributed by atoms with Crippen LogP contribution in [0.4, 0.5) is 5.69 Å². The topological polar surface area (TPSA) is 71.5 Å². The Bertz CT molecular complexity index is 380. The van der Waals surface area contributed by atoms with E-state index >= 15 is 0 Å². The zero-order valence-corrected chi connectivity index (χ0v) is 10.3. The lowest BCUT2D eigenvalue weighted by atomic mass is 10.1. The first-order valence-corrected chi connectivity index (χ1v) is 5.50. The van der Waals surface area contributed by atoms with Crippen molar-refractivity contribution >= 4 is 11.7 Å². The summed E-state index contributed by atoms with van der Waals surface area (Å²) in [7, 11) is 1.31. The largest absolute Gasteiger partial charge is 0.464 e. The smallest absolute Gasteiger partial charge is 0.356 e. The number of aromatic nitrogens is 1. The molecule has 5 heteroatoms. The lowest BCUT2D eigenvalue weighted by molar-refractivity contribution is 0.0594. The maximum absolute atomic E-state index is 11.3. The van der Waals surface area contributed by atoms with Gasteiger partial charge in [0, 0.05) is 11.9 Å². The molecule has 0 fully saturated rings. The van der Waals surface area contributed by atoms with Crippen LogP contribution in [0.3, 0.4) is 0 Å². The number of aliphatic hydroxyl groups excluding tert-OH is 1. The standard InChI is InChI=1S/C12H18N2O3/c1-8(2)11(7-15)14-9-4-5-13-10(6-9)12(16)17-3/h4-6,8,11,15H,7H2,1-3H3,(H,13,14). The number of rotatable bonds is 5. The van der Waals surface area contributed by atoms with E-state index in [9.17, 15) is 9.90 Å². The quantitative estimate of drug-likeness (QED) is 0.756. The van der Waals surface area contributed by atoms with Gasteiger partial charge in [0.25, 0.3) is 0 Å². The summed E-state index contributed by atoms with van der Waals surface area (Å²) < 4.78 is 4.59. The van der Waals surface area contributed by atoms with Gasteiger partial charge in [-0.3, -0.25) is 0 Å². The highest BCUT2D eigenvalue weighted by atomic mass is 16.5. The van der Waals surface area contributed by atoms with Gasteiger partial charge in [-0.1, -0.05) is 13.8 Å². The summed E-state index contributed by atoms with van der Waals surface area (Å²) in [4.78, 5) is 15.2. The molecule has 1 unspecified atom stereocenters. The molecule has 0 saturated heterocycles. The number of nitrogens with zero attached hydrogens (tertiary/aromatic N) is 1. The van der Waals surface area contributed by atoms with E-state index in [0.29, 0.717) is 0 Å². The van der Waals surface area contributed by atoms with Gasteiger partial charge in [0.15, 0.2) is 0 Å². The summed E-state index contributed by atoms with van der Waals surface area (Å²) in [6.45, 7) is 4.06. The predicted octanol–water partition coefficient (Wildman–Crippen LogP) is 1.30. The zero-order valence-electron chi connectivity index (χ0n) is 10.3. The number of esters is 1. The fraction of sp³-hybridized carbons (Fsp3) is 0.500. The van der Waals surface area contributed by atoms with Crippen molar-refractivity contribution in [2.75, 3.05) is 19.0 Å². The Morgan fingerprint density at radius 3 is 2.82 bits per heavy atom. The van der Waals surface area contributed by atoms with Gasteiger partial charge in [-0.05, 0) is 18.1 Å². The fourth-order valence-electron chi connectivity index (χ4n) is 1.37. The van der Waals surface area contributed by atoms with E-state index in [2.05, 4.69) is 15.0 Å². The minimum atomic E-state index is -0.473. The van der Waals surface area contributed by atoms with Crippen molar-refractivity contribution in [1.29, 1.82) is 0 Å². The Morgan fingerprint density at radius 2 is 2.29 bits per heavy atom. The molecule has 0 radical (unpaired) electrons. The van der Waals surface area contributed by atoms with Crippen molar-refractivity contribution in [2.24, 2.45) is 5.92 Å². The molecule has 2 N–H and O–H groups in total. The summed E-state index contributed by atoms with van der Waals surface area (Å²) in [6, 6.07) is 3.30. The first-order chi connectivity index (χ1) is 8.08. The minimum Gasteiger partial charge on any atom is -0.464 e. The number of ether oxygens (including phenoxy) is 1. The van der Waals surface area contributed by atoms with Crippen molar-refractivity contribution in [3.05, 3.63) is 24.0 Å². The number of nitrogens with one attached hydrogen (secondary N) is 1. The van der Waals surface area contributed by atoms with E-state index in [0.717, 1.165) is 5.69 Å². The van der Waals surface area contributed by atoms with Crippen LogP contribution in [0.25, 0.3) is 0 Å². The number of methoxy groups -OCH3 is 1. The minimum absolute atomic E-state index is 0.0353. The fourth-order valence-corrected chi connectivity index (χ4v) is 1.37. The SMILES string of the molecule is COC(=O)c1cc(NC(CO)C(C)C)ccn1. The summed E-state index contributed by atoms with van der Waals surface area (Å²) in [5.74, 6) is -0.187. The Balaban J connectivity index is 2.81. The normalized spacial score (nSPS) is 12.3. The van der Waals surface area contributed by atoms with Gasteiger partial charge >= 0.3 is 5.97 Å². The molecule has 0 aromatic carbocycles. The number of hydrogen-bond acceptors (Lipinski definition) is 5. The number of hydrogen-bond donors (Lipinski definition) is 2. The van der Waals surface area contributed by atoms with Crippen LogP contribution in [0, 0.1) is 5.92 Å². The molecular weight excluding hydrogens is 220 g/mol. The van der Waals surface area contributed by atoms with Gasteiger partial charge < -0.3 is 15.2 Å². The first kappa shape index (κ1) is 13.4. The lowest BCUT2D eigenvalue weighted by Crippen LogP contribution is -2.29. The van der Waals surface area contributed by atoms with Gasteiger partial charge in [-0.2, -0.15) is 0 Å². The monoisotopic (exact) mass is 238 g/mol. The van der Waals surface area contributed by atoms with Crippen LogP contribution in [-0.4, -0.2) is 35.8 Å². The van der Waals surface area contributed by atoms with Gasteiger partial charge in [0.05, 0.1) is 19.8 Å². The van der Waals surface area contributed by atoms with E-state index in [1.54, 1.807) is 12.1 Å². The molecule has 0 aliphatic heterocycles. The van der Waals surface area contributed by atoms with Crippen molar-refractivity contribution in [1.82, 2.24) is 4.98 Å². The molecule has 1 aromatic rings. The van der Waals surface area contributed by atoms with E-state index in [-0.39, 0.29) is 24.3 Å². The predicted molar refractivity (Wildman–Crippen MR) is 64.9 cm³/mol. The number of aliphatic hydroxyl groups is 1. The highest BCUT2D eigenvalue weighted by Crippen LogP contribution is 2.13. The average molecular weight is 238 g/mol. The maximum atomic E-state index is 11.3. The van der Waals surface area contributed by atoms with E-state index < -0.39 is 5.97 Å². The van der Waals surface area contributed by atoms with Crippen molar-refractivity contribution in [2.45, 2.75) is 19.9 Å². The highest BCUT2D eigenvalue weighted by molar-refractivity contribution is 5.88. The molecule has 0 aliphatic rings. The highest BCUT2D eigenvalue weighted by Gasteiger charge is 2.13. The Hall–Kier alpha value is -1.62. The second-order valence-corrected chi connectivity index (χ2v) is 4.10. The summed E-state index contributed by atoms with van der Waals surface area (Å²) >= 11 is 0. The first-order valence-electron chi connectivity index (χ1n) is 5.50. The molecule has 0 bridgehead atoms. The van der Waals surface area contributed by atoms with Crippen LogP contribution in [0.2, 0.25) is 0 Å². The second kappa shape index (κ2) is 6.20. The molecule has 5 nitrogen and oxygen atoms in total. The Kier molecular flexibility index (Phi) is 4.90.